The van der Waals surface area contributed by atoms with Gasteiger partial charge in [-0.25, -0.2) is 18.5 Å². The SMILES string of the molecule is Cc1cc([C@@H](C)Oc2cccnc2S(N)(=O)=O)c2oc(-c3cnn(C)c3)c(C)c(=O)c2c1. The van der Waals surface area contributed by atoms with Crippen LogP contribution in [0.25, 0.3) is 22.3 Å². The standard InChI is InChI=1S/C22H22N4O5S/c1-12-8-16(14(3)30-18-6-5-7-24-22(18)32(23,28)29)21-17(9-12)19(27)13(2)20(31-21)15-10-25-26(4)11-15/h5-11,14H,1-4H3,(H2,23,28,29)/t14-/m1/s1. The van der Waals surface area contributed by atoms with Gasteiger partial charge in [0.15, 0.2) is 11.2 Å². The first-order valence-electron chi connectivity index (χ1n) is 9.77. The first-order valence-corrected chi connectivity index (χ1v) is 11.3. The molecule has 10 heteroatoms. The third-order valence-electron chi connectivity index (χ3n) is 5.11. The van der Waals surface area contributed by atoms with Gasteiger partial charge in [0.05, 0.1) is 17.1 Å². The number of benzene rings is 1. The highest BCUT2D eigenvalue weighted by Crippen LogP contribution is 2.33. The van der Waals surface area contributed by atoms with Gasteiger partial charge in [0.25, 0.3) is 10.0 Å². The lowest BCUT2D eigenvalue weighted by atomic mass is 10.0. The summed E-state index contributed by atoms with van der Waals surface area (Å²) < 4.78 is 37.6. The normalized spacial score (nSPS) is 12.8. The number of ether oxygens (including phenoxy) is 1. The Morgan fingerprint density at radius 2 is 2.00 bits per heavy atom. The molecule has 4 aromatic rings. The van der Waals surface area contributed by atoms with Gasteiger partial charge in [-0.3, -0.25) is 9.48 Å². The van der Waals surface area contributed by atoms with E-state index in [1.165, 1.54) is 12.3 Å². The fourth-order valence-corrected chi connectivity index (χ4v) is 4.22. The Hall–Kier alpha value is -3.50. The summed E-state index contributed by atoms with van der Waals surface area (Å²) >= 11 is 0. The lowest BCUT2D eigenvalue weighted by Crippen LogP contribution is -2.17. The Labute approximate surface area is 184 Å². The Morgan fingerprint density at radius 1 is 1.25 bits per heavy atom. The van der Waals surface area contributed by atoms with Crippen LogP contribution in [-0.4, -0.2) is 23.2 Å². The number of nitrogens with two attached hydrogens (primary N) is 1. The van der Waals surface area contributed by atoms with Crippen LogP contribution < -0.4 is 15.3 Å². The number of hydrogen-bond acceptors (Lipinski definition) is 7. The highest BCUT2D eigenvalue weighted by molar-refractivity contribution is 7.89. The first kappa shape index (κ1) is 21.7. The summed E-state index contributed by atoms with van der Waals surface area (Å²) in [5, 5.41) is 9.48. The number of sulfonamides is 1. The molecule has 0 fully saturated rings. The van der Waals surface area contributed by atoms with Crippen molar-refractivity contribution in [3.8, 4) is 17.1 Å². The minimum absolute atomic E-state index is 0.0131. The largest absolute Gasteiger partial charge is 0.483 e. The Morgan fingerprint density at radius 3 is 2.66 bits per heavy atom. The number of fused-ring (bicyclic) bond motifs is 1. The Bertz CT molecular complexity index is 1500. The number of aromatic nitrogens is 3. The molecule has 32 heavy (non-hydrogen) atoms. The molecule has 9 nitrogen and oxygen atoms in total. The number of nitrogens with zero attached hydrogens (tertiary/aromatic N) is 3. The van der Waals surface area contributed by atoms with Gasteiger partial charge < -0.3 is 9.15 Å². The summed E-state index contributed by atoms with van der Waals surface area (Å²) in [4.78, 5) is 17.0. The van der Waals surface area contributed by atoms with Crippen LogP contribution >= 0.6 is 0 Å². The van der Waals surface area contributed by atoms with E-state index in [2.05, 4.69) is 10.1 Å². The minimum Gasteiger partial charge on any atom is -0.483 e. The molecule has 3 aromatic heterocycles. The van der Waals surface area contributed by atoms with Crippen LogP contribution in [0.3, 0.4) is 0 Å². The summed E-state index contributed by atoms with van der Waals surface area (Å²) in [6, 6.07) is 6.63. The third-order valence-corrected chi connectivity index (χ3v) is 5.95. The van der Waals surface area contributed by atoms with Crippen LogP contribution in [0.2, 0.25) is 0 Å². The summed E-state index contributed by atoms with van der Waals surface area (Å²) in [5.74, 6) is 0.429. The quantitative estimate of drug-likeness (QED) is 0.490. The van der Waals surface area contributed by atoms with Gasteiger partial charge >= 0.3 is 0 Å². The second kappa shape index (κ2) is 7.88. The highest BCUT2D eigenvalue weighted by Gasteiger charge is 2.23. The molecule has 0 aliphatic heterocycles. The fraction of sp³-hybridized carbons (Fsp3) is 0.227. The molecule has 0 amide bonds. The maximum Gasteiger partial charge on any atom is 0.259 e. The van der Waals surface area contributed by atoms with E-state index in [9.17, 15) is 13.2 Å². The van der Waals surface area contributed by atoms with E-state index in [1.807, 2.05) is 13.0 Å². The van der Waals surface area contributed by atoms with E-state index in [4.69, 9.17) is 14.3 Å². The van der Waals surface area contributed by atoms with Gasteiger partial charge in [-0.15, -0.1) is 0 Å². The van der Waals surface area contributed by atoms with Crippen molar-refractivity contribution in [2.75, 3.05) is 0 Å². The molecule has 3 heterocycles. The number of rotatable bonds is 5. The zero-order chi connectivity index (χ0) is 23.2. The lowest BCUT2D eigenvalue weighted by molar-refractivity contribution is 0.219. The van der Waals surface area contributed by atoms with Crippen LogP contribution in [0.1, 0.15) is 29.7 Å². The molecule has 0 saturated carbocycles. The predicted octanol–water partition coefficient (Wildman–Crippen LogP) is 2.99. The van der Waals surface area contributed by atoms with E-state index in [1.54, 1.807) is 50.1 Å². The zero-order valence-corrected chi connectivity index (χ0v) is 18.8. The second-order valence-corrected chi connectivity index (χ2v) is 9.11. The average molecular weight is 455 g/mol. The van der Waals surface area contributed by atoms with Gasteiger partial charge in [0.1, 0.15) is 17.4 Å². The summed E-state index contributed by atoms with van der Waals surface area (Å²) in [7, 11) is -2.31. The Balaban J connectivity index is 1.90. The van der Waals surface area contributed by atoms with E-state index in [0.29, 0.717) is 33.4 Å². The van der Waals surface area contributed by atoms with Crippen LogP contribution in [0.15, 0.2) is 57.1 Å². The molecule has 0 radical (unpaired) electrons. The molecular weight excluding hydrogens is 432 g/mol. The van der Waals surface area contributed by atoms with Crippen molar-refractivity contribution < 1.29 is 17.6 Å². The van der Waals surface area contributed by atoms with Crippen molar-refractivity contribution in [3.05, 3.63) is 69.8 Å². The molecule has 0 bridgehead atoms. The summed E-state index contributed by atoms with van der Waals surface area (Å²) in [5.41, 5.74) is 2.77. The smallest absolute Gasteiger partial charge is 0.259 e. The topological polar surface area (TPSA) is 130 Å². The molecule has 0 aliphatic carbocycles. The molecule has 0 unspecified atom stereocenters. The predicted molar refractivity (Wildman–Crippen MR) is 119 cm³/mol. The van der Waals surface area contributed by atoms with Gasteiger partial charge in [-0.05, 0) is 50.6 Å². The maximum atomic E-state index is 13.2. The monoisotopic (exact) mass is 454 g/mol. The number of primary sulfonamides is 1. The molecule has 2 N–H and O–H groups in total. The Kier molecular flexibility index (Phi) is 5.35. The van der Waals surface area contributed by atoms with Gasteiger partial charge in [-0.2, -0.15) is 5.10 Å². The van der Waals surface area contributed by atoms with Crippen molar-refractivity contribution in [1.82, 2.24) is 14.8 Å². The van der Waals surface area contributed by atoms with E-state index in [0.717, 1.165) is 5.56 Å². The molecule has 0 saturated heterocycles. The summed E-state index contributed by atoms with van der Waals surface area (Å²) in [6.45, 7) is 5.31. The van der Waals surface area contributed by atoms with E-state index < -0.39 is 16.1 Å². The van der Waals surface area contributed by atoms with Gasteiger partial charge in [-0.1, -0.05) is 0 Å². The van der Waals surface area contributed by atoms with E-state index in [-0.39, 0.29) is 16.2 Å². The van der Waals surface area contributed by atoms with Crippen LogP contribution in [0.5, 0.6) is 5.75 Å². The van der Waals surface area contributed by atoms with Crippen molar-refractivity contribution >= 4 is 21.0 Å². The molecule has 0 aliphatic rings. The van der Waals surface area contributed by atoms with Crippen LogP contribution in [-0.2, 0) is 17.1 Å². The molecule has 1 aromatic carbocycles. The maximum absolute atomic E-state index is 13.2. The third kappa shape index (κ3) is 3.90. The molecule has 166 valence electrons. The molecule has 0 spiro atoms. The van der Waals surface area contributed by atoms with E-state index >= 15 is 0 Å². The first-order chi connectivity index (χ1) is 15.1. The number of pyridine rings is 1. The van der Waals surface area contributed by atoms with Crippen molar-refractivity contribution in [2.24, 2.45) is 12.2 Å². The number of aryl methyl sites for hydroxylation is 2. The van der Waals surface area contributed by atoms with Crippen molar-refractivity contribution in [2.45, 2.75) is 31.9 Å². The summed E-state index contributed by atoms with van der Waals surface area (Å²) in [6.07, 6.45) is 4.04. The molecular formula is C22H22N4O5S. The van der Waals surface area contributed by atoms with Gasteiger partial charge in [0, 0.05) is 30.6 Å². The van der Waals surface area contributed by atoms with Gasteiger partial charge in [0.2, 0.25) is 5.03 Å². The zero-order valence-electron chi connectivity index (χ0n) is 18.0. The molecule has 1 atom stereocenters. The van der Waals surface area contributed by atoms with Crippen LogP contribution in [0, 0.1) is 13.8 Å². The fourth-order valence-electron chi connectivity index (χ4n) is 3.62. The number of hydrogen-bond donors (Lipinski definition) is 1. The lowest BCUT2D eigenvalue weighted by Gasteiger charge is -2.19. The highest BCUT2D eigenvalue weighted by atomic mass is 32.2. The van der Waals surface area contributed by atoms with Crippen molar-refractivity contribution in [1.29, 1.82) is 0 Å². The van der Waals surface area contributed by atoms with Crippen LogP contribution in [0.4, 0.5) is 0 Å². The minimum atomic E-state index is -4.08. The molecule has 4 rings (SSSR count). The van der Waals surface area contributed by atoms with Crippen molar-refractivity contribution in [3.63, 3.8) is 0 Å². The second-order valence-electron chi connectivity index (χ2n) is 7.63. The average Bonchev–Trinajstić information content (AvgIpc) is 3.16.